The van der Waals surface area contributed by atoms with Gasteiger partial charge in [-0.2, -0.15) is 13.2 Å². The van der Waals surface area contributed by atoms with Gasteiger partial charge in [0.15, 0.2) is 0 Å². The quantitative estimate of drug-likeness (QED) is 0.751. The molecule has 1 atom stereocenters. The van der Waals surface area contributed by atoms with Gasteiger partial charge in [0.2, 0.25) is 0 Å². The highest BCUT2D eigenvalue weighted by Crippen LogP contribution is 2.34. The molecule has 0 bridgehead atoms. The molecule has 2 aromatic rings. The lowest BCUT2D eigenvalue weighted by Gasteiger charge is -2.18. The molecule has 0 aliphatic heterocycles. The van der Waals surface area contributed by atoms with Crippen molar-refractivity contribution in [3.05, 3.63) is 45.2 Å². The normalized spacial score (nSPS) is 13.2. The van der Waals surface area contributed by atoms with Gasteiger partial charge in [-0.05, 0) is 23.9 Å². The fraction of sp³-hybridized carbons (Fsp3) is 0.357. The Kier molecular flexibility index (Phi) is 5.11. The maximum absolute atomic E-state index is 12.6. The van der Waals surface area contributed by atoms with E-state index in [1.54, 1.807) is 11.3 Å². The Labute approximate surface area is 130 Å². The van der Waals surface area contributed by atoms with E-state index in [1.807, 2.05) is 24.4 Å². The number of anilines is 1. The van der Waals surface area contributed by atoms with Crippen LogP contribution in [-0.2, 0) is 6.18 Å². The number of nitrogens with zero attached hydrogens (tertiary/aromatic N) is 1. The van der Waals surface area contributed by atoms with Gasteiger partial charge in [-0.3, -0.25) is 0 Å². The van der Waals surface area contributed by atoms with Crippen LogP contribution in [0.15, 0.2) is 29.8 Å². The van der Waals surface area contributed by atoms with Crippen molar-refractivity contribution < 1.29 is 13.2 Å². The molecule has 0 aliphatic carbocycles. The molecule has 21 heavy (non-hydrogen) atoms. The SMILES string of the molecule is CCCC(Nc1ncc(C(F)(F)F)cc1Cl)c1cccs1. The van der Waals surface area contributed by atoms with Crippen LogP contribution in [0.25, 0.3) is 0 Å². The number of hydrogen-bond donors (Lipinski definition) is 1. The third-order valence-corrected chi connectivity index (χ3v) is 4.22. The number of halogens is 4. The van der Waals surface area contributed by atoms with E-state index in [9.17, 15) is 13.2 Å². The predicted molar refractivity (Wildman–Crippen MR) is 79.8 cm³/mol. The number of nitrogens with one attached hydrogen (secondary N) is 1. The van der Waals surface area contributed by atoms with E-state index in [0.717, 1.165) is 30.0 Å². The Morgan fingerprint density at radius 1 is 1.43 bits per heavy atom. The van der Waals surface area contributed by atoms with Gasteiger partial charge in [-0.15, -0.1) is 11.3 Å². The maximum atomic E-state index is 12.6. The molecule has 0 aliphatic rings. The van der Waals surface area contributed by atoms with E-state index in [-0.39, 0.29) is 16.9 Å². The van der Waals surface area contributed by atoms with Gasteiger partial charge in [-0.25, -0.2) is 4.98 Å². The molecular weight excluding hydrogens is 321 g/mol. The Balaban J connectivity index is 2.21. The summed E-state index contributed by atoms with van der Waals surface area (Å²) in [6.45, 7) is 2.05. The average Bonchev–Trinajstić information content (AvgIpc) is 2.93. The van der Waals surface area contributed by atoms with Crippen LogP contribution < -0.4 is 5.32 Å². The van der Waals surface area contributed by atoms with Gasteiger partial charge in [0, 0.05) is 11.1 Å². The van der Waals surface area contributed by atoms with Crippen LogP contribution in [0.3, 0.4) is 0 Å². The lowest BCUT2D eigenvalue weighted by atomic mass is 10.1. The minimum absolute atomic E-state index is 0.00302. The van der Waals surface area contributed by atoms with Crippen LogP contribution in [0.4, 0.5) is 19.0 Å². The van der Waals surface area contributed by atoms with E-state index in [1.165, 1.54) is 0 Å². The summed E-state index contributed by atoms with van der Waals surface area (Å²) in [5.41, 5.74) is -0.846. The average molecular weight is 335 g/mol. The van der Waals surface area contributed by atoms with E-state index < -0.39 is 11.7 Å². The number of thiophene rings is 1. The molecule has 0 saturated carbocycles. The van der Waals surface area contributed by atoms with Crippen molar-refractivity contribution in [2.75, 3.05) is 5.32 Å². The Hall–Kier alpha value is -1.27. The van der Waals surface area contributed by atoms with Crippen molar-refractivity contribution >= 4 is 28.8 Å². The molecule has 2 nitrogen and oxygen atoms in total. The highest BCUT2D eigenvalue weighted by molar-refractivity contribution is 7.10. The third kappa shape index (κ3) is 4.11. The van der Waals surface area contributed by atoms with Crippen molar-refractivity contribution in [1.29, 1.82) is 0 Å². The number of hydrogen-bond acceptors (Lipinski definition) is 3. The zero-order valence-electron chi connectivity index (χ0n) is 11.2. The van der Waals surface area contributed by atoms with Crippen LogP contribution in [0.1, 0.15) is 36.2 Å². The predicted octanol–water partition coefficient (Wildman–Crippen LogP) is 5.77. The fourth-order valence-electron chi connectivity index (χ4n) is 1.93. The summed E-state index contributed by atoms with van der Waals surface area (Å²) in [4.78, 5) is 4.92. The zero-order valence-corrected chi connectivity index (χ0v) is 12.8. The first kappa shape index (κ1) is 16.1. The molecule has 0 amide bonds. The molecule has 1 unspecified atom stereocenters. The molecule has 0 radical (unpaired) electrons. The minimum Gasteiger partial charge on any atom is -0.361 e. The summed E-state index contributed by atoms with van der Waals surface area (Å²) < 4.78 is 37.8. The van der Waals surface area contributed by atoms with E-state index in [4.69, 9.17) is 11.6 Å². The summed E-state index contributed by atoms with van der Waals surface area (Å²) >= 11 is 7.51. The number of aromatic nitrogens is 1. The number of rotatable bonds is 5. The summed E-state index contributed by atoms with van der Waals surface area (Å²) in [7, 11) is 0. The van der Waals surface area contributed by atoms with E-state index >= 15 is 0 Å². The lowest BCUT2D eigenvalue weighted by Crippen LogP contribution is -2.12. The van der Waals surface area contributed by atoms with Crippen LogP contribution in [0.5, 0.6) is 0 Å². The van der Waals surface area contributed by atoms with Crippen molar-refractivity contribution in [2.45, 2.75) is 32.0 Å². The van der Waals surface area contributed by atoms with Crippen LogP contribution in [0.2, 0.25) is 5.02 Å². The van der Waals surface area contributed by atoms with Gasteiger partial charge >= 0.3 is 6.18 Å². The zero-order chi connectivity index (χ0) is 15.5. The minimum atomic E-state index is -4.44. The molecule has 2 rings (SSSR count). The van der Waals surface area contributed by atoms with Gasteiger partial charge in [-0.1, -0.05) is 31.0 Å². The Morgan fingerprint density at radius 2 is 2.19 bits per heavy atom. The third-order valence-electron chi connectivity index (χ3n) is 2.94. The van der Waals surface area contributed by atoms with Crippen molar-refractivity contribution in [1.82, 2.24) is 4.98 Å². The molecule has 7 heteroatoms. The van der Waals surface area contributed by atoms with Crippen LogP contribution in [0, 0.1) is 0 Å². The molecule has 2 aromatic heterocycles. The largest absolute Gasteiger partial charge is 0.417 e. The van der Waals surface area contributed by atoms with Crippen molar-refractivity contribution in [2.24, 2.45) is 0 Å². The maximum Gasteiger partial charge on any atom is 0.417 e. The fourth-order valence-corrected chi connectivity index (χ4v) is 2.96. The first-order chi connectivity index (χ1) is 9.91. The second-order valence-electron chi connectivity index (χ2n) is 4.55. The van der Waals surface area contributed by atoms with E-state index in [2.05, 4.69) is 10.3 Å². The van der Waals surface area contributed by atoms with Crippen LogP contribution >= 0.6 is 22.9 Å². The van der Waals surface area contributed by atoms with Crippen molar-refractivity contribution in [3.63, 3.8) is 0 Å². The molecule has 0 spiro atoms. The smallest absolute Gasteiger partial charge is 0.361 e. The summed E-state index contributed by atoms with van der Waals surface area (Å²) in [6.07, 6.45) is -1.86. The molecule has 1 N–H and O–H groups in total. The second-order valence-corrected chi connectivity index (χ2v) is 5.94. The number of alkyl halides is 3. The van der Waals surface area contributed by atoms with Gasteiger partial charge in [0.1, 0.15) is 5.82 Å². The first-order valence-corrected chi connectivity index (χ1v) is 7.70. The Bertz CT molecular complexity index is 584. The Morgan fingerprint density at radius 3 is 2.71 bits per heavy atom. The van der Waals surface area contributed by atoms with Gasteiger partial charge in [0.05, 0.1) is 16.6 Å². The van der Waals surface area contributed by atoms with Crippen LogP contribution in [-0.4, -0.2) is 4.98 Å². The van der Waals surface area contributed by atoms with E-state index in [0.29, 0.717) is 0 Å². The number of pyridine rings is 1. The molecule has 0 aromatic carbocycles. The standard InChI is InChI=1S/C14H14ClF3N2S/c1-2-4-11(12-5-3-6-21-12)20-13-10(15)7-9(8-19-13)14(16,17)18/h3,5-8,11H,2,4H2,1H3,(H,19,20). The van der Waals surface area contributed by atoms with Gasteiger partial charge in [0.25, 0.3) is 0 Å². The monoisotopic (exact) mass is 334 g/mol. The molecule has 114 valence electrons. The molecule has 0 saturated heterocycles. The van der Waals surface area contributed by atoms with Crippen molar-refractivity contribution in [3.8, 4) is 0 Å². The highest BCUT2D eigenvalue weighted by atomic mass is 35.5. The summed E-state index contributed by atoms with van der Waals surface area (Å²) in [5.74, 6) is 0.275. The second kappa shape index (κ2) is 6.66. The highest BCUT2D eigenvalue weighted by Gasteiger charge is 2.31. The molecular formula is C14H14ClF3N2S. The summed E-state index contributed by atoms with van der Waals surface area (Å²) in [5, 5.41) is 5.06. The molecule has 2 heterocycles. The van der Waals surface area contributed by atoms with Gasteiger partial charge < -0.3 is 5.32 Å². The lowest BCUT2D eigenvalue weighted by molar-refractivity contribution is -0.137. The molecule has 0 fully saturated rings. The summed E-state index contributed by atoms with van der Waals surface area (Å²) in [6, 6.07) is 4.81. The topological polar surface area (TPSA) is 24.9 Å². The first-order valence-electron chi connectivity index (χ1n) is 6.44.